The van der Waals surface area contributed by atoms with Crippen molar-refractivity contribution in [2.45, 2.75) is 44.2 Å². The van der Waals surface area contributed by atoms with Crippen LogP contribution in [0.1, 0.15) is 32.1 Å². The summed E-state index contributed by atoms with van der Waals surface area (Å²) in [5.74, 6) is 1.90. The summed E-state index contributed by atoms with van der Waals surface area (Å²) in [4.78, 5) is 9.05. The maximum absolute atomic E-state index is 11.4. The number of hydrogen-bond acceptors (Lipinski definition) is 9. The van der Waals surface area contributed by atoms with Gasteiger partial charge in [0.25, 0.3) is 0 Å². The fourth-order valence-electron chi connectivity index (χ4n) is 4.16. The van der Waals surface area contributed by atoms with Gasteiger partial charge in [0.15, 0.2) is 5.82 Å². The molecule has 1 saturated carbocycles. The monoisotopic (exact) mass is 490 g/mol. The van der Waals surface area contributed by atoms with Gasteiger partial charge < -0.3 is 15.2 Å². The highest BCUT2D eigenvalue weighted by Crippen LogP contribution is 2.27. The Morgan fingerprint density at radius 2 is 1.94 bits per heavy atom. The van der Waals surface area contributed by atoms with Crippen LogP contribution in [0.5, 0.6) is 5.75 Å². The molecule has 2 heterocycles. The first-order chi connectivity index (χ1) is 16.4. The van der Waals surface area contributed by atoms with Gasteiger partial charge in [-0.3, -0.25) is 0 Å². The predicted molar refractivity (Wildman–Crippen MR) is 129 cm³/mol. The average Bonchev–Trinajstić information content (AvgIpc) is 3.26. The molecule has 184 valence electrons. The van der Waals surface area contributed by atoms with Crippen molar-refractivity contribution in [3.8, 4) is 11.6 Å². The van der Waals surface area contributed by atoms with Crippen molar-refractivity contribution in [3.63, 3.8) is 0 Å². The molecule has 1 fully saturated rings. The molecule has 11 nitrogen and oxygen atoms in total. The van der Waals surface area contributed by atoms with Crippen LogP contribution in [0.4, 0.5) is 5.95 Å². The van der Waals surface area contributed by atoms with Crippen LogP contribution in [0.3, 0.4) is 0 Å². The molecule has 1 aliphatic rings. The number of rotatable bonds is 10. The Kier molecular flexibility index (Phi) is 7.61. The van der Waals surface area contributed by atoms with Crippen LogP contribution in [0, 0.1) is 0 Å². The van der Waals surface area contributed by atoms with Crippen LogP contribution in [0.2, 0.25) is 0 Å². The Hall–Kier alpha value is -2.80. The second-order valence-corrected chi connectivity index (χ2v) is 10.3. The van der Waals surface area contributed by atoms with Gasteiger partial charge in [-0.1, -0.05) is 6.07 Å². The van der Waals surface area contributed by atoms with E-state index in [0.717, 1.165) is 42.3 Å². The van der Waals surface area contributed by atoms with Gasteiger partial charge in [-0.2, -0.15) is 22.5 Å². The molecule has 1 aliphatic carbocycles. The lowest BCUT2D eigenvalue weighted by Gasteiger charge is -2.33. The number of anilines is 1. The van der Waals surface area contributed by atoms with E-state index in [4.69, 9.17) is 9.84 Å². The fourth-order valence-corrected chi connectivity index (χ4v) is 4.42. The SMILES string of the molecule is C[N+](C)(NC1CCC(Nc2nccc(-n3ncc4c(OCCCO)cccc43)n2)CC1)[SH](=O)=O. The van der Waals surface area contributed by atoms with E-state index in [1.807, 2.05) is 24.3 Å². The molecule has 0 atom stereocenters. The lowest BCUT2D eigenvalue weighted by atomic mass is 9.91. The molecule has 1 aromatic carbocycles. The summed E-state index contributed by atoms with van der Waals surface area (Å²) in [5.41, 5.74) is 4.06. The van der Waals surface area contributed by atoms with E-state index in [-0.39, 0.29) is 22.7 Å². The summed E-state index contributed by atoms with van der Waals surface area (Å²) in [5, 5.41) is 17.8. The summed E-state index contributed by atoms with van der Waals surface area (Å²) in [6.07, 6.45) is 7.54. The second-order valence-electron chi connectivity index (χ2n) is 8.86. The maximum atomic E-state index is 11.4. The maximum Gasteiger partial charge on any atom is 0.304 e. The van der Waals surface area contributed by atoms with Gasteiger partial charge in [-0.05, 0) is 37.8 Å². The molecule has 0 bridgehead atoms. The largest absolute Gasteiger partial charge is 0.493 e. The van der Waals surface area contributed by atoms with Crippen molar-refractivity contribution < 1.29 is 22.3 Å². The van der Waals surface area contributed by atoms with E-state index in [9.17, 15) is 8.42 Å². The van der Waals surface area contributed by atoms with Gasteiger partial charge in [0.05, 0.1) is 29.7 Å². The quantitative estimate of drug-likeness (QED) is 0.144. The highest BCUT2D eigenvalue weighted by Gasteiger charge is 2.28. The van der Waals surface area contributed by atoms with Gasteiger partial charge in [0, 0.05) is 31.3 Å². The summed E-state index contributed by atoms with van der Waals surface area (Å²) in [6.45, 7) is 0.523. The summed E-state index contributed by atoms with van der Waals surface area (Å²) >= 11 is 0. The topological polar surface area (TPSA) is 131 Å². The molecule has 3 aromatic rings. The molecule has 0 amide bonds. The predicted octanol–water partition coefficient (Wildman–Crippen LogP) is 1.41. The van der Waals surface area contributed by atoms with Crippen LogP contribution in [-0.2, 0) is 10.9 Å². The Morgan fingerprint density at radius 1 is 1.18 bits per heavy atom. The molecule has 34 heavy (non-hydrogen) atoms. The number of thiol groups is 1. The van der Waals surface area contributed by atoms with E-state index >= 15 is 0 Å². The fraction of sp³-hybridized carbons (Fsp3) is 0.500. The number of aliphatic hydroxyl groups is 1. The smallest absolute Gasteiger partial charge is 0.304 e. The number of fused-ring (bicyclic) bond motifs is 1. The zero-order valence-electron chi connectivity index (χ0n) is 19.4. The molecule has 0 radical (unpaired) electrons. The minimum Gasteiger partial charge on any atom is -0.493 e. The molecule has 0 unspecified atom stereocenters. The third-order valence-corrected chi connectivity index (χ3v) is 6.89. The molecule has 4 rings (SSSR count). The zero-order chi connectivity index (χ0) is 24.1. The Morgan fingerprint density at radius 3 is 2.68 bits per heavy atom. The molecule has 0 saturated heterocycles. The zero-order valence-corrected chi connectivity index (χ0v) is 20.3. The summed E-state index contributed by atoms with van der Waals surface area (Å²) in [6, 6.07) is 7.93. The first-order valence-electron chi connectivity index (χ1n) is 11.4. The van der Waals surface area contributed by atoms with Gasteiger partial charge in [0.2, 0.25) is 5.95 Å². The third-order valence-electron chi connectivity index (χ3n) is 5.96. The van der Waals surface area contributed by atoms with Crippen LogP contribution < -0.4 is 15.5 Å². The highest BCUT2D eigenvalue weighted by atomic mass is 32.2. The van der Waals surface area contributed by atoms with Crippen molar-refractivity contribution in [1.82, 2.24) is 25.2 Å². The van der Waals surface area contributed by atoms with Gasteiger partial charge in [-0.15, -0.1) is 5.43 Å². The summed E-state index contributed by atoms with van der Waals surface area (Å²) < 4.78 is 30.1. The van der Waals surface area contributed by atoms with Crippen LogP contribution in [0.25, 0.3) is 16.7 Å². The van der Waals surface area contributed by atoms with Crippen LogP contribution in [-0.4, -0.2) is 76.7 Å². The minimum atomic E-state index is -2.60. The van der Waals surface area contributed by atoms with Crippen molar-refractivity contribution in [2.24, 2.45) is 0 Å². The standard InChI is InChI=1S/C22H32N7O4S/c1-29(2,34(31)32)27-17-9-7-16(8-10-17)25-22-23-12-11-21(26-22)28-19-5-3-6-20(18(19)15-24-28)33-14-4-13-30/h3,5-6,11-12,15-17,27,30,34H,4,7-10,13-14H2,1-2H3,(H,23,25,26)/q+1. The first-order valence-corrected chi connectivity index (χ1v) is 12.6. The van der Waals surface area contributed by atoms with Crippen molar-refractivity contribution in [3.05, 3.63) is 36.7 Å². The second kappa shape index (κ2) is 10.6. The van der Waals surface area contributed by atoms with Crippen LogP contribution >= 0.6 is 0 Å². The van der Waals surface area contributed by atoms with Crippen molar-refractivity contribution in [1.29, 1.82) is 0 Å². The number of nitrogens with zero attached hydrogens (tertiary/aromatic N) is 5. The van der Waals surface area contributed by atoms with E-state index in [2.05, 4.69) is 25.8 Å². The number of aromatic nitrogens is 4. The molecular weight excluding hydrogens is 458 g/mol. The Bertz CT molecular complexity index is 1180. The van der Waals surface area contributed by atoms with Crippen molar-refractivity contribution in [2.75, 3.05) is 32.6 Å². The molecule has 3 N–H and O–H groups in total. The molecule has 2 aromatic heterocycles. The number of quaternary nitrogens is 1. The Labute approximate surface area is 200 Å². The molecule has 0 aliphatic heterocycles. The van der Waals surface area contributed by atoms with Crippen molar-refractivity contribution >= 4 is 27.7 Å². The minimum absolute atomic E-state index is 0.0861. The number of hydrogen-bond donors (Lipinski definition) is 4. The number of ether oxygens (including phenoxy) is 1. The van der Waals surface area contributed by atoms with E-state index in [1.54, 1.807) is 31.2 Å². The number of nitrogens with one attached hydrogen (secondary N) is 2. The Balaban J connectivity index is 1.42. The lowest BCUT2D eigenvalue weighted by Crippen LogP contribution is -2.56. The number of aliphatic hydroxyl groups excluding tert-OH is 1. The first kappa shape index (κ1) is 24.3. The highest BCUT2D eigenvalue weighted by molar-refractivity contribution is 7.66. The molecular formula is C22H32N7O4S+. The normalized spacial score (nSPS) is 18.9. The average molecular weight is 491 g/mol. The van der Waals surface area contributed by atoms with E-state index in [0.29, 0.717) is 24.8 Å². The number of benzene rings is 1. The van der Waals surface area contributed by atoms with Crippen LogP contribution in [0.15, 0.2) is 36.7 Å². The third kappa shape index (κ3) is 5.63. The molecule has 12 heteroatoms. The van der Waals surface area contributed by atoms with Gasteiger partial charge >= 0.3 is 10.9 Å². The van der Waals surface area contributed by atoms with Gasteiger partial charge in [-0.25, -0.2) is 9.67 Å². The van der Waals surface area contributed by atoms with E-state index in [1.165, 1.54) is 0 Å². The summed E-state index contributed by atoms with van der Waals surface area (Å²) in [7, 11) is 0.679. The van der Waals surface area contributed by atoms with E-state index < -0.39 is 10.9 Å². The van der Waals surface area contributed by atoms with Gasteiger partial charge in [0.1, 0.15) is 19.8 Å². The lowest BCUT2D eigenvalue weighted by molar-refractivity contribution is -0.812. The molecule has 0 spiro atoms.